The van der Waals surface area contributed by atoms with Crippen molar-refractivity contribution in [2.24, 2.45) is 5.92 Å². The summed E-state index contributed by atoms with van der Waals surface area (Å²) in [6.07, 6.45) is -3.70. The molecule has 1 saturated heterocycles. The maximum absolute atomic E-state index is 16.0. The Bertz CT molecular complexity index is 1760. The number of alkyl halides is 4. The fraction of sp³-hybridized carbons (Fsp3) is 0.514. The van der Waals surface area contributed by atoms with Gasteiger partial charge in [-0.05, 0) is 93.3 Å². The SMILES string of the molecule is CCOC(=O)C[C@H](NC(=O)[C@H](CC(C)C)n1cc(CCN2CC(C)(F)C2)c(C)nc1=O)c1cc(-c2c(C)cccc2C)cc(C(F)(F)F)c1F. The van der Waals surface area contributed by atoms with Crippen LogP contribution in [0.3, 0.4) is 0 Å². The van der Waals surface area contributed by atoms with E-state index in [1.54, 1.807) is 45.9 Å². The third-order valence-corrected chi connectivity index (χ3v) is 8.92. The van der Waals surface area contributed by atoms with Gasteiger partial charge in [-0.15, -0.1) is 0 Å². The van der Waals surface area contributed by atoms with Crippen molar-refractivity contribution in [1.82, 2.24) is 19.8 Å². The first-order valence-corrected chi connectivity index (χ1v) is 16.7. The van der Waals surface area contributed by atoms with Crippen LogP contribution in [0.15, 0.2) is 41.3 Å². The number of likely N-dealkylation sites (tertiary alicyclic amines) is 1. The van der Waals surface area contributed by atoms with Crippen LogP contribution in [0.25, 0.3) is 11.1 Å². The molecule has 4 rings (SSSR count). The molecule has 1 aromatic heterocycles. The lowest BCUT2D eigenvalue weighted by atomic mass is 9.90. The van der Waals surface area contributed by atoms with Gasteiger partial charge in [0.15, 0.2) is 0 Å². The van der Waals surface area contributed by atoms with Gasteiger partial charge in [0.1, 0.15) is 17.5 Å². The van der Waals surface area contributed by atoms with Gasteiger partial charge in [0, 0.05) is 37.1 Å². The molecule has 2 aromatic carbocycles. The number of aryl methyl sites for hydroxylation is 3. The predicted octanol–water partition coefficient (Wildman–Crippen LogP) is 6.98. The Morgan fingerprint density at radius 2 is 1.74 bits per heavy atom. The second kappa shape index (κ2) is 15.4. The van der Waals surface area contributed by atoms with Gasteiger partial charge in [-0.2, -0.15) is 18.2 Å². The van der Waals surface area contributed by atoms with E-state index in [1.807, 2.05) is 18.7 Å². The molecule has 50 heavy (non-hydrogen) atoms. The zero-order chi connectivity index (χ0) is 37.1. The Kier molecular flexibility index (Phi) is 11.9. The van der Waals surface area contributed by atoms with E-state index in [1.165, 1.54) is 23.8 Å². The summed E-state index contributed by atoms with van der Waals surface area (Å²) < 4.78 is 79.3. The highest BCUT2D eigenvalue weighted by molar-refractivity contribution is 5.82. The summed E-state index contributed by atoms with van der Waals surface area (Å²) in [6, 6.07) is 4.34. The number of ether oxygens (including phenoxy) is 1. The number of hydrogen-bond acceptors (Lipinski definition) is 6. The molecule has 0 radical (unpaired) electrons. The first-order chi connectivity index (χ1) is 23.3. The smallest absolute Gasteiger partial charge is 0.419 e. The van der Waals surface area contributed by atoms with Crippen LogP contribution < -0.4 is 11.0 Å². The number of esters is 1. The topological polar surface area (TPSA) is 93.5 Å². The number of carbonyl (C=O) groups excluding carboxylic acids is 2. The molecule has 1 aliphatic rings. The van der Waals surface area contributed by atoms with E-state index in [0.717, 1.165) is 6.07 Å². The molecule has 1 aliphatic heterocycles. The molecule has 272 valence electrons. The number of nitrogens with zero attached hydrogens (tertiary/aromatic N) is 3. The van der Waals surface area contributed by atoms with Crippen LogP contribution >= 0.6 is 0 Å². The normalized spacial score (nSPS) is 15.8. The van der Waals surface area contributed by atoms with Crippen LogP contribution in [-0.2, 0) is 26.9 Å². The maximum Gasteiger partial charge on any atom is 0.419 e. The molecule has 3 aromatic rings. The molecule has 1 amide bonds. The van der Waals surface area contributed by atoms with Crippen molar-refractivity contribution >= 4 is 11.9 Å². The van der Waals surface area contributed by atoms with E-state index in [9.17, 15) is 31.9 Å². The predicted molar refractivity (Wildman–Crippen MR) is 180 cm³/mol. The van der Waals surface area contributed by atoms with Crippen LogP contribution in [0.2, 0.25) is 0 Å². The Labute approximate surface area is 289 Å². The molecule has 0 aliphatic carbocycles. The van der Waals surface area contributed by atoms with Crippen LogP contribution in [0.4, 0.5) is 22.0 Å². The fourth-order valence-electron chi connectivity index (χ4n) is 6.59. The van der Waals surface area contributed by atoms with E-state index in [-0.39, 0.29) is 37.6 Å². The van der Waals surface area contributed by atoms with E-state index >= 15 is 4.39 Å². The van der Waals surface area contributed by atoms with E-state index in [0.29, 0.717) is 40.9 Å². The number of nitrogens with one attached hydrogen (secondary N) is 1. The summed E-state index contributed by atoms with van der Waals surface area (Å²) in [4.78, 5) is 46.3. The van der Waals surface area contributed by atoms with Crippen LogP contribution in [0, 0.1) is 32.5 Å². The van der Waals surface area contributed by atoms with Gasteiger partial charge in [0.2, 0.25) is 5.91 Å². The lowest BCUT2D eigenvalue weighted by Crippen LogP contribution is -2.57. The maximum atomic E-state index is 16.0. The zero-order valence-electron chi connectivity index (χ0n) is 29.5. The van der Waals surface area contributed by atoms with Gasteiger partial charge >= 0.3 is 17.8 Å². The minimum atomic E-state index is -5.10. The van der Waals surface area contributed by atoms with Crippen molar-refractivity contribution in [2.45, 2.75) is 91.7 Å². The summed E-state index contributed by atoms with van der Waals surface area (Å²) >= 11 is 0. The number of rotatable bonds is 13. The standard InChI is InChI=1S/C37H45F5N4O4/c1-8-50-31(47)17-29(27-15-26(16-28(33(27)38)37(40,41)42)32-22(4)10-9-11-23(32)5)44-34(48)30(14-21(2)3)46-18-25(24(6)43-35(46)49)12-13-45-19-36(7,39)20-45/h9-11,15-16,18,21,29-30H,8,12-14,17,19-20H2,1-7H3,(H,44,48)/t29-,30-/m0/s1. The molecule has 0 spiro atoms. The molecule has 0 saturated carbocycles. The molecule has 0 unspecified atom stereocenters. The van der Waals surface area contributed by atoms with Crippen molar-refractivity contribution < 1.29 is 36.3 Å². The molecule has 13 heteroatoms. The number of benzene rings is 2. The van der Waals surface area contributed by atoms with Crippen molar-refractivity contribution in [1.29, 1.82) is 0 Å². The van der Waals surface area contributed by atoms with Gasteiger partial charge < -0.3 is 10.1 Å². The average Bonchev–Trinajstić information content (AvgIpc) is 2.98. The first-order valence-electron chi connectivity index (χ1n) is 16.7. The van der Waals surface area contributed by atoms with Crippen LogP contribution in [0.1, 0.15) is 86.1 Å². The minimum absolute atomic E-state index is 0.0522. The molecule has 1 fully saturated rings. The Balaban J connectivity index is 1.79. The lowest BCUT2D eigenvalue weighted by Gasteiger charge is -2.42. The fourth-order valence-corrected chi connectivity index (χ4v) is 6.59. The second-order valence-corrected chi connectivity index (χ2v) is 13.8. The Morgan fingerprint density at radius 1 is 1.10 bits per heavy atom. The third-order valence-electron chi connectivity index (χ3n) is 8.92. The van der Waals surface area contributed by atoms with Crippen molar-refractivity contribution in [3.05, 3.63) is 86.3 Å². The number of amides is 1. The number of halogens is 5. The summed E-state index contributed by atoms with van der Waals surface area (Å²) in [7, 11) is 0. The highest BCUT2D eigenvalue weighted by Gasteiger charge is 2.39. The molecule has 8 nitrogen and oxygen atoms in total. The molecule has 1 N–H and O–H groups in total. The van der Waals surface area contributed by atoms with E-state index in [2.05, 4.69) is 10.3 Å². The minimum Gasteiger partial charge on any atom is -0.466 e. The second-order valence-electron chi connectivity index (χ2n) is 13.8. The quantitative estimate of drug-likeness (QED) is 0.153. The summed E-state index contributed by atoms with van der Waals surface area (Å²) in [5, 5.41) is 2.61. The van der Waals surface area contributed by atoms with Gasteiger partial charge in [-0.1, -0.05) is 32.0 Å². The lowest BCUT2D eigenvalue weighted by molar-refractivity contribution is -0.144. The van der Waals surface area contributed by atoms with Crippen LogP contribution in [0.5, 0.6) is 0 Å². The Hall–Kier alpha value is -4.13. The van der Waals surface area contributed by atoms with Gasteiger partial charge in [-0.3, -0.25) is 19.1 Å². The number of hydrogen-bond donors (Lipinski definition) is 1. The highest BCUT2D eigenvalue weighted by Crippen LogP contribution is 2.40. The molecule has 2 heterocycles. The van der Waals surface area contributed by atoms with Crippen molar-refractivity contribution in [3.63, 3.8) is 0 Å². The summed E-state index contributed by atoms with van der Waals surface area (Å²) in [6.45, 7) is 12.8. The van der Waals surface area contributed by atoms with E-state index < -0.39 is 64.9 Å². The first kappa shape index (κ1) is 38.7. The van der Waals surface area contributed by atoms with Gasteiger partial charge in [0.05, 0.1) is 24.6 Å². The summed E-state index contributed by atoms with van der Waals surface area (Å²) in [5.74, 6) is -3.45. The van der Waals surface area contributed by atoms with Crippen LogP contribution in [-0.4, -0.2) is 58.2 Å². The number of carbonyl (C=O) groups is 2. The molecule has 0 bridgehead atoms. The molecular weight excluding hydrogens is 659 g/mol. The number of aromatic nitrogens is 2. The van der Waals surface area contributed by atoms with Gasteiger partial charge in [-0.25, -0.2) is 13.6 Å². The monoisotopic (exact) mass is 704 g/mol. The summed E-state index contributed by atoms with van der Waals surface area (Å²) in [5.41, 5.74) is -1.17. The average molecular weight is 705 g/mol. The zero-order valence-corrected chi connectivity index (χ0v) is 29.5. The van der Waals surface area contributed by atoms with Crippen molar-refractivity contribution in [2.75, 3.05) is 26.2 Å². The molecule has 2 atom stereocenters. The van der Waals surface area contributed by atoms with E-state index in [4.69, 9.17) is 4.74 Å². The highest BCUT2D eigenvalue weighted by atomic mass is 19.4. The van der Waals surface area contributed by atoms with Crippen molar-refractivity contribution in [3.8, 4) is 11.1 Å². The largest absolute Gasteiger partial charge is 0.466 e. The molecular formula is C37H45F5N4O4. The Morgan fingerprint density at radius 3 is 2.30 bits per heavy atom. The third kappa shape index (κ3) is 9.15. The van der Waals surface area contributed by atoms with Gasteiger partial charge in [0.25, 0.3) is 0 Å².